The van der Waals surface area contributed by atoms with Crippen LogP contribution < -0.4 is 4.74 Å². The van der Waals surface area contributed by atoms with Gasteiger partial charge in [-0.05, 0) is 71.3 Å². The quantitative estimate of drug-likeness (QED) is 0.0755. The van der Waals surface area contributed by atoms with Crippen molar-refractivity contribution in [3.8, 4) is 5.75 Å². The molecule has 0 amide bonds. The van der Waals surface area contributed by atoms with Crippen molar-refractivity contribution >= 4 is 40.6 Å². The van der Waals surface area contributed by atoms with Crippen molar-refractivity contribution in [3.05, 3.63) is 116 Å². The maximum absolute atomic E-state index is 13.9. The summed E-state index contributed by atoms with van der Waals surface area (Å²) in [5.41, 5.74) is 1.87. The van der Waals surface area contributed by atoms with E-state index in [4.69, 9.17) is 18.9 Å². The van der Waals surface area contributed by atoms with Crippen LogP contribution in [0.5, 0.6) is 5.75 Å². The lowest BCUT2D eigenvalue weighted by Gasteiger charge is -2.41. The number of esters is 2. The second-order valence-corrected chi connectivity index (χ2v) is 16.1. The Bertz CT molecular complexity index is 1970. The van der Waals surface area contributed by atoms with Crippen LogP contribution >= 0.6 is 22.6 Å². The Hall–Kier alpha value is -4.19. The second kappa shape index (κ2) is 17.7. The number of hydrogen-bond donors (Lipinski definition) is 4. The number of aromatic nitrogens is 3. The number of aliphatic hydroxyl groups is 4. The largest absolute Gasteiger partial charge is 0.461 e. The molecule has 5 rings (SSSR count). The van der Waals surface area contributed by atoms with Crippen LogP contribution in [0.2, 0.25) is 0 Å². The highest BCUT2D eigenvalue weighted by molar-refractivity contribution is 14.1. The van der Waals surface area contributed by atoms with Gasteiger partial charge in [-0.3, -0.25) is 4.68 Å². The van der Waals surface area contributed by atoms with E-state index < -0.39 is 66.2 Å². The average molecular weight is 870 g/mol. The summed E-state index contributed by atoms with van der Waals surface area (Å²) in [5, 5.41) is 49.9. The lowest BCUT2D eigenvalue weighted by molar-refractivity contribution is -0.277. The highest BCUT2D eigenvalue weighted by Crippen LogP contribution is 2.48. The van der Waals surface area contributed by atoms with Gasteiger partial charge in [-0.15, -0.1) is 5.10 Å². The van der Waals surface area contributed by atoms with E-state index in [-0.39, 0.29) is 17.9 Å². The molecule has 4 N–H and O–H groups in total. The van der Waals surface area contributed by atoms with Crippen molar-refractivity contribution in [2.75, 3.05) is 6.61 Å². The standard InChI is InChI=1S/C41H48IN3O10/c1-24(37(50)52-22-25-13-9-7-10-14-25)19-28-27(17-18-29(32(28)42)53-39-35(49)34(48)33(47)30(21-46)54-39)36(55-38(51)26-15-11-8-12-16-26)41(4,5)23-40(2,3)31-20-45(6)44-43-31/h7-20,30,33-36,39,46-49H,21-23H2,1-6H3/b24-19-/t30-,33+,34+,35-,36?,39-/m1/s1. The lowest BCUT2D eigenvalue weighted by atomic mass is 9.69. The van der Waals surface area contributed by atoms with E-state index in [1.807, 2.05) is 86.8 Å². The molecule has 1 aromatic heterocycles. The number of rotatable bonds is 14. The first-order valence-corrected chi connectivity index (χ1v) is 18.9. The van der Waals surface area contributed by atoms with E-state index in [1.165, 1.54) is 0 Å². The molecule has 14 heteroatoms. The zero-order chi connectivity index (χ0) is 40.1. The molecule has 13 nitrogen and oxygen atoms in total. The third-order valence-corrected chi connectivity index (χ3v) is 10.7. The first kappa shape index (κ1) is 42.0. The molecular weight excluding hydrogens is 821 g/mol. The Kier molecular flexibility index (Phi) is 13.5. The van der Waals surface area contributed by atoms with Crippen molar-refractivity contribution < 1.29 is 49.0 Å². The molecule has 2 heterocycles. The number of benzene rings is 3. The Morgan fingerprint density at radius 3 is 2.24 bits per heavy atom. The van der Waals surface area contributed by atoms with Crippen LogP contribution in [-0.4, -0.2) is 84.7 Å². The van der Waals surface area contributed by atoms with Crippen molar-refractivity contribution in [2.24, 2.45) is 12.5 Å². The summed E-state index contributed by atoms with van der Waals surface area (Å²) < 4.78 is 26.0. The first-order chi connectivity index (χ1) is 26.0. The van der Waals surface area contributed by atoms with Crippen LogP contribution in [0.3, 0.4) is 0 Å². The molecule has 1 aliphatic heterocycles. The van der Waals surface area contributed by atoms with Gasteiger partial charge in [0.15, 0.2) is 0 Å². The van der Waals surface area contributed by atoms with Gasteiger partial charge < -0.3 is 39.4 Å². The summed E-state index contributed by atoms with van der Waals surface area (Å²) in [6.07, 6.45) is -4.50. The number of hydrogen-bond acceptors (Lipinski definition) is 12. The van der Waals surface area contributed by atoms with Gasteiger partial charge in [-0.2, -0.15) is 0 Å². The van der Waals surface area contributed by atoms with Gasteiger partial charge in [0.1, 0.15) is 42.9 Å². The topological polar surface area (TPSA) is 183 Å². The maximum atomic E-state index is 13.9. The maximum Gasteiger partial charge on any atom is 0.338 e. The van der Waals surface area contributed by atoms with Gasteiger partial charge >= 0.3 is 11.9 Å². The molecule has 0 radical (unpaired) electrons. The minimum Gasteiger partial charge on any atom is -0.461 e. The molecule has 1 unspecified atom stereocenters. The monoisotopic (exact) mass is 869 g/mol. The van der Waals surface area contributed by atoms with E-state index >= 15 is 0 Å². The Labute approximate surface area is 334 Å². The molecule has 0 bridgehead atoms. The fraction of sp³-hybridized carbons (Fsp3) is 0.415. The molecular formula is C41H48IN3O10. The zero-order valence-corrected chi connectivity index (χ0v) is 33.8. The predicted molar refractivity (Wildman–Crippen MR) is 210 cm³/mol. The number of carbonyl (C=O) groups excluding carboxylic acids is 2. The van der Waals surface area contributed by atoms with E-state index in [2.05, 4.69) is 10.3 Å². The van der Waals surface area contributed by atoms with Crippen LogP contribution in [0.15, 0.2) is 84.6 Å². The van der Waals surface area contributed by atoms with Crippen molar-refractivity contribution in [2.45, 2.75) is 89.9 Å². The number of nitrogens with zero attached hydrogens (tertiary/aromatic N) is 3. The molecule has 1 saturated heterocycles. The smallest absolute Gasteiger partial charge is 0.338 e. The fourth-order valence-corrected chi connectivity index (χ4v) is 7.60. The van der Waals surface area contributed by atoms with Crippen molar-refractivity contribution in [1.82, 2.24) is 15.0 Å². The summed E-state index contributed by atoms with van der Waals surface area (Å²) in [7, 11) is 1.80. The number of aliphatic hydroxyl groups excluding tert-OH is 4. The Morgan fingerprint density at radius 2 is 1.62 bits per heavy atom. The minimum absolute atomic E-state index is 0.0524. The molecule has 1 aliphatic rings. The van der Waals surface area contributed by atoms with Gasteiger partial charge in [0, 0.05) is 35.2 Å². The van der Waals surface area contributed by atoms with E-state index in [9.17, 15) is 30.0 Å². The van der Waals surface area contributed by atoms with E-state index in [0.717, 1.165) is 11.3 Å². The van der Waals surface area contributed by atoms with Gasteiger partial charge in [0.25, 0.3) is 0 Å². The third-order valence-electron chi connectivity index (χ3n) is 9.59. The van der Waals surface area contributed by atoms with Crippen LogP contribution in [0.25, 0.3) is 6.08 Å². The normalized spacial score (nSPS) is 21.1. The molecule has 4 aromatic rings. The summed E-state index contributed by atoms with van der Waals surface area (Å²) in [6, 6.07) is 21.3. The number of ether oxygens (including phenoxy) is 4. The molecule has 0 spiro atoms. The number of aryl methyl sites for hydroxylation is 1. The van der Waals surface area contributed by atoms with Crippen molar-refractivity contribution in [3.63, 3.8) is 0 Å². The molecule has 6 atom stereocenters. The first-order valence-electron chi connectivity index (χ1n) is 17.8. The van der Waals surface area contributed by atoms with Gasteiger partial charge in [0.05, 0.1) is 21.4 Å². The van der Waals surface area contributed by atoms with Gasteiger partial charge in [-0.1, -0.05) is 87.5 Å². The highest BCUT2D eigenvalue weighted by atomic mass is 127. The summed E-state index contributed by atoms with van der Waals surface area (Å²) in [5.74, 6) is -0.940. The average Bonchev–Trinajstić information content (AvgIpc) is 3.62. The lowest BCUT2D eigenvalue weighted by Crippen LogP contribution is -2.60. The summed E-state index contributed by atoms with van der Waals surface area (Å²) >= 11 is 2.05. The van der Waals surface area contributed by atoms with E-state index in [1.54, 1.807) is 67.2 Å². The van der Waals surface area contributed by atoms with Gasteiger partial charge in [0.2, 0.25) is 6.29 Å². The van der Waals surface area contributed by atoms with Crippen LogP contribution in [0.4, 0.5) is 0 Å². The van der Waals surface area contributed by atoms with Crippen molar-refractivity contribution in [1.29, 1.82) is 0 Å². The van der Waals surface area contributed by atoms with Crippen LogP contribution in [0.1, 0.15) is 79.9 Å². The van der Waals surface area contributed by atoms with E-state index in [0.29, 0.717) is 26.7 Å². The molecule has 3 aromatic carbocycles. The molecule has 0 saturated carbocycles. The number of halogens is 1. The predicted octanol–water partition coefficient (Wildman–Crippen LogP) is 5.04. The number of carbonyl (C=O) groups is 2. The summed E-state index contributed by atoms with van der Waals surface area (Å²) in [6.45, 7) is 9.12. The Morgan fingerprint density at radius 1 is 0.964 bits per heavy atom. The molecule has 294 valence electrons. The zero-order valence-electron chi connectivity index (χ0n) is 31.6. The fourth-order valence-electron chi connectivity index (χ4n) is 6.83. The molecule has 0 aliphatic carbocycles. The third kappa shape index (κ3) is 9.98. The highest BCUT2D eigenvalue weighted by Gasteiger charge is 2.46. The SMILES string of the molecule is C/C(=C/c1c(C(OC(=O)c2ccccc2)C(C)(C)CC(C)(C)c2cn(C)nn2)ccc(O[C@@H]2O[C@H](CO)[C@H](O)[C@H](O)[C@H]2O)c1I)C(=O)OCc1ccccc1. The van der Waals surface area contributed by atoms with Crippen LogP contribution in [-0.2, 0) is 38.1 Å². The van der Waals surface area contributed by atoms with Gasteiger partial charge in [-0.25, -0.2) is 9.59 Å². The Balaban J connectivity index is 1.61. The minimum atomic E-state index is -1.66. The molecule has 55 heavy (non-hydrogen) atoms. The van der Waals surface area contributed by atoms with Crippen LogP contribution in [0, 0.1) is 8.99 Å². The molecule has 1 fully saturated rings. The second-order valence-electron chi connectivity index (χ2n) is 15.1. The summed E-state index contributed by atoms with van der Waals surface area (Å²) in [4.78, 5) is 27.3.